The van der Waals surface area contributed by atoms with Crippen molar-refractivity contribution in [1.29, 1.82) is 0 Å². The summed E-state index contributed by atoms with van der Waals surface area (Å²) >= 11 is 0. The van der Waals surface area contributed by atoms with Crippen molar-refractivity contribution in [3.63, 3.8) is 0 Å². The first-order valence-electron chi connectivity index (χ1n) is 1.06. The molecule has 0 heterocycles. The minimum atomic E-state index is -0.0926. The summed E-state index contributed by atoms with van der Waals surface area (Å²) in [5, 5.41) is 2.86. The topological polar surface area (TPSA) is 90.4 Å². The fourth-order valence-electron chi connectivity index (χ4n) is 0. The van der Waals surface area contributed by atoms with E-state index in [9.17, 15) is 0 Å². The highest BCUT2D eigenvalue weighted by molar-refractivity contribution is 7.59. The van der Waals surface area contributed by atoms with Gasteiger partial charge in [-0.1, -0.05) is 0 Å². The zero-order valence-corrected chi connectivity index (χ0v) is 4.18. The molecule has 5 heteroatoms. The van der Waals surface area contributed by atoms with Gasteiger partial charge in [0.05, 0.1) is 0 Å². The van der Waals surface area contributed by atoms with Gasteiger partial charge in [0.15, 0.2) is 0 Å². The fraction of sp³-hybridized carbons (Fsp3) is 0. The van der Waals surface area contributed by atoms with Crippen molar-refractivity contribution >= 4 is 19.5 Å². The standard InChI is InChI=1S/CH6N4.H2S/c2-1(3)5-4;/h4H2,(H4,2,3,5);1H2. The Bertz CT molecular complexity index is 45.5. The third-order valence-corrected chi connectivity index (χ3v) is 0.149. The van der Waals surface area contributed by atoms with E-state index >= 15 is 0 Å². The summed E-state index contributed by atoms with van der Waals surface area (Å²) < 4.78 is 0. The maximum atomic E-state index is 4.69. The van der Waals surface area contributed by atoms with E-state index in [2.05, 4.69) is 10.9 Å². The van der Waals surface area contributed by atoms with Crippen LogP contribution in [0.5, 0.6) is 0 Å². The Balaban J connectivity index is 0. The minimum absolute atomic E-state index is 0. The van der Waals surface area contributed by atoms with E-state index in [4.69, 9.17) is 11.5 Å². The van der Waals surface area contributed by atoms with E-state index in [-0.39, 0.29) is 19.5 Å². The molecular formula is CH8N4S. The van der Waals surface area contributed by atoms with Crippen LogP contribution in [0.1, 0.15) is 0 Å². The van der Waals surface area contributed by atoms with E-state index < -0.39 is 0 Å². The van der Waals surface area contributed by atoms with Crippen LogP contribution in [0.25, 0.3) is 0 Å². The van der Waals surface area contributed by atoms with E-state index in [0.29, 0.717) is 0 Å². The van der Waals surface area contributed by atoms with Crippen molar-refractivity contribution in [2.24, 2.45) is 22.4 Å². The molecule has 0 atom stereocenters. The molecule has 0 aromatic carbocycles. The fourth-order valence-corrected chi connectivity index (χ4v) is 0. The Morgan fingerprint density at radius 1 is 1.33 bits per heavy atom. The molecule has 0 aromatic rings. The summed E-state index contributed by atoms with van der Waals surface area (Å²) in [7, 11) is 0. The first-order valence-corrected chi connectivity index (χ1v) is 1.06. The second kappa shape index (κ2) is 4.42. The number of rotatable bonds is 0. The van der Waals surface area contributed by atoms with Crippen molar-refractivity contribution in [3.05, 3.63) is 0 Å². The third kappa shape index (κ3) is 9.93. The van der Waals surface area contributed by atoms with E-state index in [1.54, 1.807) is 0 Å². The van der Waals surface area contributed by atoms with Crippen molar-refractivity contribution in [1.82, 2.24) is 0 Å². The largest absolute Gasteiger partial charge is 0.369 e. The maximum Gasteiger partial charge on any atom is 0.208 e. The first kappa shape index (κ1) is 9.05. The van der Waals surface area contributed by atoms with Gasteiger partial charge in [0.25, 0.3) is 0 Å². The molecule has 0 saturated heterocycles. The van der Waals surface area contributed by atoms with Gasteiger partial charge in [-0.2, -0.15) is 13.5 Å². The number of hydrogen-bond acceptors (Lipinski definition) is 2. The van der Waals surface area contributed by atoms with Gasteiger partial charge in [-0.3, -0.25) is 0 Å². The SMILES string of the molecule is NN=C(N)N.S. The highest BCUT2D eigenvalue weighted by Crippen LogP contribution is 1.31. The molecule has 0 unspecified atom stereocenters. The summed E-state index contributed by atoms with van der Waals surface area (Å²) in [6.45, 7) is 0. The van der Waals surface area contributed by atoms with Crippen molar-refractivity contribution in [2.75, 3.05) is 0 Å². The van der Waals surface area contributed by atoms with E-state index in [1.807, 2.05) is 0 Å². The van der Waals surface area contributed by atoms with Crippen LogP contribution in [-0.4, -0.2) is 5.96 Å². The predicted octanol–water partition coefficient (Wildman–Crippen LogP) is -1.75. The second-order valence-electron chi connectivity index (χ2n) is 0.554. The molecule has 0 bridgehead atoms. The van der Waals surface area contributed by atoms with Gasteiger partial charge in [0.1, 0.15) is 0 Å². The normalized spacial score (nSPS) is 5.33. The molecule has 0 aliphatic rings. The van der Waals surface area contributed by atoms with Crippen LogP contribution < -0.4 is 17.3 Å². The van der Waals surface area contributed by atoms with Gasteiger partial charge in [-0.15, -0.1) is 5.10 Å². The van der Waals surface area contributed by atoms with Gasteiger partial charge in [-0.05, 0) is 0 Å². The summed E-state index contributed by atoms with van der Waals surface area (Å²) in [5.41, 5.74) is 9.39. The summed E-state index contributed by atoms with van der Waals surface area (Å²) in [5.74, 6) is 4.42. The molecule has 0 saturated carbocycles. The van der Waals surface area contributed by atoms with Crippen LogP contribution >= 0.6 is 13.5 Å². The third-order valence-electron chi connectivity index (χ3n) is 0.149. The number of nitrogens with two attached hydrogens (primary N) is 3. The number of nitrogens with zero attached hydrogens (tertiary/aromatic N) is 1. The number of hydrazone groups is 1. The lowest BCUT2D eigenvalue weighted by atomic mass is 11.1. The molecule has 38 valence electrons. The van der Waals surface area contributed by atoms with Crippen LogP contribution in [-0.2, 0) is 0 Å². The smallest absolute Gasteiger partial charge is 0.208 e. The molecule has 0 radical (unpaired) electrons. The molecule has 0 amide bonds. The molecule has 0 aliphatic heterocycles. The molecular weight excluding hydrogens is 100 g/mol. The molecule has 0 fully saturated rings. The second-order valence-corrected chi connectivity index (χ2v) is 0.554. The van der Waals surface area contributed by atoms with E-state index in [1.165, 1.54) is 0 Å². The van der Waals surface area contributed by atoms with Crippen molar-refractivity contribution in [3.8, 4) is 0 Å². The summed E-state index contributed by atoms with van der Waals surface area (Å²) in [6.07, 6.45) is 0. The summed E-state index contributed by atoms with van der Waals surface area (Å²) in [4.78, 5) is 0. The highest BCUT2D eigenvalue weighted by Gasteiger charge is 1.62. The highest BCUT2D eigenvalue weighted by atomic mass is 32.1. The first-order chi connectivity index (χ1) is 2.27. The zero-order valence-electron chi connectivity index (χ0n) is 3.18. The molecule has 0 rings (SSSR count). The van der Waals surface area contributed by atoms with Crippen molar-refractivity contribution < 1.29 is 0 Å². The van der Waals surface area contributed by atoms with Gasteiger partial charge < -0.3 is 17.3 Å². The van der Waals surface area contributed by atoms with Gasteiger partial charge in [-0.25, -0.2) is 0 Å². The average molecular weight is 108 g/mol. The van der Waals surface area contributed by atoms with E-state index in [0.717, 1.165) is 0 Å². The van der Waals surface area contributed by atoms with Crippen LogP contribution in [0.2, 0.25) is 0 Å². The predicted molar refractivity (Wildman–Crippen MR) is 30.4 cm³/mol. The van der Waals surface area contributed by atoms with Gasteiger partial charge >= 0.3 is 0 Å². The lowest BCUT2D eigenvalue weighted by Gasteiger charge is -1.76. The molecule has 0 spiro atoms. The number of hydrogen-bond donors (Lipinski definition) is 3. The number of guanidine groups is 1. The molecule has 4 nitrogen and oxygen atoms in total. The van der Waals surface area contributed by atoms with Crippen LogP contribution in [0.15, 0.2) is 5.10 Å². The Hall–Kier alpha value is -0.580. The Kier molecular flexibility index (Phi) is 6.67. The van der Waals surface area contributed by atoms with Crippen LogP contribution in [0, 0.1) is 0 Å². The molecule has 0 aromatic heterocycles. The zero-order chi connectivity index (χ0) is 4.28. The Labute approximate surface area is 42.8 Å². The van der Waals surface area contributed by atoms with Crippen molar-refractivity contribution in [2.45, 2.75) is 0 Å². The lowest BCUT2D eigenvalue weighted by Crippen LogP contribution is -2.23. The summed E-state index contributed by atoms with van der Waals surface area (Å²) in [6, 6.07) is 0. The lowest BCUT2D eigenvalue weighted by molar-refractivity contribution is 1.21. The van der Waals surface area contributed by atoms with Gasteiger partial charge in [0.2, 0.25) is 5.96 Å². The minimum Gasteiger partial charge on any atom is -0.369 e. The Morgan fingerprint density at radius 2 is 1.50 bits per heavy atom. The van der Waals surface area contributed by atoms with Gasteiger partial charge in [0, 0.05) is 0 Å². The monoisotopic (exact) mass is 108 g/mol. The van der Waals surface area contributed by atoms with Crippen LogP contribution in [0.3, 0.4) is 0 Å². The molecule has 6 N–H and O–H groups in total. The van der Waals surface area contributed by atoms with Crippen LogP contribution in [0.4, 0.5) is 0 Å². The quantitative estimate of drug-likeness (QED) is 0.149. The molecule has 0 aliphatic carbocycles. The Morgan fingerprint density at radius 3 is 1.50 bits per heavy atom. The maximum absolute atomic E-state index is 4.69. The average Bonchev–Trinajstić information content (AvgIpc) is 1.38. The molecule has 6 heavy (non-hydrogen) atoms.